The van der Waals surface area contributed by atoms with E-state index in [-0.39, 0.29) is 12.5 Å². The number of carbonyl (C=O) groups excluding carboxylic acids is 2. The normalized spacial score (nSPS) is 11.9. The van der Waals surface area contributed by atoms with E-state index in [1.165, 1.54) is 0 Å². The topological polar surface area (TPSA) is 90.7 Å². The SMILES string of the molecule is COc1ccc(C)cc1COC(=O)[C@@H](CC(C)C)NC(N)=O. The molecule has 1 aromatic carbocycles. The molecule has 0 aliphatic rings. The summed E-state index contributed by atoms with van der Waals surface area (Å²) in [6.07, 6.45) is 0.465. The van der Waals surface area contributed by atoms with E-state index in [1.807, 2.05) is 39.0 Å². The second kappa shape index (κ2) is 8.26. The van der Waals surface area contributed by atoms with Gasteiger partial charge in [-0.15, -0.1) is 0 Å². The summed E-state index contributed by atoms with van der Waals surface area (Å²) in [4.78, 5) is 23.1. The van der Waals surface area contributed by atoms with Gasteiger partial charge in [-0.3, -0.25) is 0 Å². The molecule has 0 heterocycles. The van der Waals surface area contributed by atoms with Crippen LogP contribution in [0.3, 0.4) is 0 Å². The zero-order valence-electron chi connectivity index (χ0n) is 13.5. The number of hydrogen-bond donors (Lipinski definition) is 2. The van der Waals surface area contributed by atoms with Crippen molar-refractivity contribution in [1.82, 2.24) is 5.32 Å². The maximum absolute atomic E-state index is 12.1. The summed E-state index contributed by atoms with van der Waals surface area (Å²) in [5.74, 6) is 0.371. The summed E-state index contributed by atoms with van der Waals surface area (Å²) in [6.45, 7) is 5.93. The average Bonchev–Trinajstić information content (AvgIpc) is 2.43. The second-order valence-electron chi connectivity index (χ2n) is 5.61. The van der Waals surface area contributed by atoms with Crippen LogP contribution in [0.15, 0.2) is 18.2 Å². The first-order valence-corrected chi connectivity index (χ1v) is 7.19. The highest BCUT2D eigenvalue weighted by Gasteiger charge is 2.23. The quantitative estimate of drug-likeness (QED) is 0.755. The summed E-state index contributed by atoms with van der Waals surface area (Å²) in [6, 6.07) is 4.15. The maximum atomic E-state index is 12.1. The highest BCUT2D eigenvalue weighted by atomic mass is 16.5. The lowest BCUT2D eigenvalue weighted by molar-refractivity contribution is -0.147. The van der Waals surface area contributed by atoms with Gasteiger partial charge >= 0.3 is 12.0 Å². The van der Waals surface area contributed by atoms with Crippen LogP contribution in [0.1, 0.15) is 31.4 Å². The van der Waals surface area contributed by atoms with E-state index in [2.05, 4.69) is 5.32 Å². The largest absolute Gasteiger partial charge is 0.496 e. The molecule has 22 heavy (non-hydrogen) atoms. The van der Waals surface area contributed by atoms with Crippen molar-refractivity contribution in [2.45, 2.75) is 39.8 Å². The van der Waals surface area contributed by atoms with Gasteiger partial charge in [0, 0.05) is 5.56 Å². The van der Waals surface area contributed by atoms with Crippen LogP contribution >= 0.6 is 0 Å². The number of benzene rings is 1. The fourth-order valence-corrected chi connectivity index (χ4v) is 2.13. The summed E-state index contributed by atoms with van der Waals surface area (Å²) < 4.78 is 10.5. The van der Waals surface area contributed by atoms with Crippen LogP contribution in [0.25, 0.3) is 0 Å². The van der Waals surface area contributed by atoms with Crippen molar-refractivity contribution in [2.75, 3.05) is 7.11 Å². The predicted molar refractivity (Wildman–Crippen MR) is 83.5 cm³/mol. The molecule has 6 heteroatoms. The zero-order valence-corrected chi connectivity index (χ0v) is 13.5. The van der Waals surface area contributed by atoms with Gasteiger partial charge in [0.25, 0.3) is 0 Å². The Morgan fingerprint density at radius 3 is 2.55 bits per heavy atom. The Labute approximate surface area is 131 Å². The van der Waals surface area contributed by atoms with Crippen LogP contribution in [0.5, 0.6) is 5.75 Å². The molecule has 0 saturated carbocycles. The van der Waals surface area contributed by atoms with Crippen LogP contribution in [-0.4, -0.2) is 25.2 Å². The van der Waals surface area contributed by atoms with Crippen molar-refractivity contribution >= 4 is 12.0 Å². The number of primary amides is 1. The van der Waals surface area contributed by atoms with Gasteiger partial charge in [0.05, 0.1) is 7.11 Å². The third-order valence-corrected chi connectivity index (χ3v) is 3.11. The first-order valence-electron chi connectivity index (χ1n) is 7.19. The molecular weight excluding hydrogens is 284 g/mol. The van der Waals surface area contributed by atoms with Gasteiger partial charge in [-0.25, -0.2) is 9.59 Å². The smallest absolute Gasteiger partial charge is 0.329 e. The molecule has 0 radical (unpaired) electrons. The molecule has 0 unspecified atom stereocenters. The highest BCUT2D eigenvalue weighted by molar-refractivity contribution is 5.82. The molecule has 0 spiro atoms. The van der Waals surface area contributed by atoms with E-state index in [4.69, 9.17) is 15.2 Å². The number of carbonyl (C=O) groups is 2. The van der Waals surface area contributed by atoms with Crippen LogP contribution in [-0.2, 0) is 16.1 Å². The minimum Gasteiger partial charge on any atom is -0.496 e. The number of esters is 1. The van der Waals surface area contributed by atoms with Gasteiger partial charge in [0.15, 0.2) is 0 Å². The molecule has 0 aliphatic carbocycles. The Balaban J connectivity index is 2.73. The van der Waals surface area contributed by atoms with Gasteiger partial charge in [-0.05, 0) is 31.4 Å². The molecule has 0 aliphatic heterocycles. The predicted octanol–water partition coefficient (Wildman–Crippen LogP) is 2.13. The standard InChI is InChI=1S/C16H24N2O4/c1-10(2)7-13(18-16(17)20)15(19)22-9-12-8-11(3)5-6-14(12)21-4/h5-6,8,10,13H,7,9H2,1-4H3,(H3,17,18,20)/t13-/m1/s1. The van der Waals surface area contributed by atoms with Crippen LogP contribution in [0.2, 0.25) is 0 Å². The van der Waals surface area contributed by atoms with Crippen LogP contribution in [0, 0.1) is 12.8 Å². The molecule has 3 N–H and O–H groups in total. The molecule has 0 aromatic heterocycles. The molecule has 1 atom stereocenters. The fraction of sp³-hybridized carbons (Fsp3) is 0.500. The van der Waals surface area contributed by atoms with Crippen molar-refractivity contribution in [3.8, 4) is 5.75 Å². The van der Waals surface area contributed by atoms with Gasteiger partial charge in [-0.2, -0.15) is 0 Å². The Hall–Kier alpha value is -2.24. The Bertz CT molecular complexity index is 529. The third-order valence-electron chi connectivity index (χ3n) is 3.11. The van der Waals surface area contributed by atoms with Gasteiger partial charge < -0.3 is 20.5 Å². The van der Waals surface area contributed by atoms with Crippen molar-refractivity contribution in [3.63, 3.8) is 0 Å². The Morgan fingerprint density at radius 1 is 1.32 bits per heavy atom. The minimum absolute atomic E-state index is 0.0821. The molecule has 1 aromatic rings. The lowest BCUT2D eigenvalue weighted by atomic mass is 10.0. The molecule has 0 saturated heterocycles. The molecule has 0 bridgehead atoms. The van der Waals surface area contributed by atoms with Gasteiger partial charge in [0.1, 0.15) is 18.4 Å². The molecule has 122 valence electrons. The second-order valence-corrected chi connectivity index (χ2v) is 5.61. The number of aryl methyl sites for hydroxylation is 1. The number of nitrogens with two attached hydrogens (primary N) is 1. The summed E-state index contributed by atoms with van der Waals surface area (Å²) in [5, 5.41) is 2.42. The number of urea groups is 1. The van der Waals surface area contributed by atoms with Crippen LogP contribution in [0.4, 0.5) is 4.79 Å². The number of hydrogen-bond acceptors (Lipinski definition) is 4. The molecule has 6 nitrogen and oxygen atoms in total. The first kappa shape index (κ1) is 17.8. The molecule has 0 fully saturated rings. The number of rotatable bonds is 7. The highest BCUT2D eigenvalue weighted by Crippen LogP contribution is 2.21. The van der Waals surface area contributed by atoms with E-state index >= 15 is 0 Å². The van der Waals surface area contributed by atoms with Gasteiger partial charge in [-0.1, -0.05) is 25.5 Å². The zero-order chi connectivity index (χ0) is 16.7. The van der Waals surface area contributed by atoms with E-state index in [0.29, 0.717) is 12.2 Å². The lowest BCUT2D eigenvalue weighted by Gasteiger charge is -2.18. The summed E-state index contributed by atoms with van der Waals surface area (Å²) in [5.41, 5.74) is 6.92. The van der Waals surface area contributed by atoms with Crippen molar-refractivity contribution in [1.29, 1.82) is 0 Å². The maximum Gasteiger partial charge on any atom is 0.329 e. The lowest BCUT2D eigenvalue weighted by Crippen LogP contribution is -2.45. The van der Waals surface area contributed by atoms with Crippen molar-refractivity contribution < 1.29 is 19.1 Å². The van der Waals surface area contributed by atoms with E-state index in [9.17, 15) is 9.59 Å². The molecule has 2 amide bonds. The van der Waals surface area contributed by atoms with Crippen LogP contribution < -0.4 is 15.8 Å². The number of amides is 2. The summed E-state index contributed by atoms with van der Waals surface area (Å²) in [7, 11) is 1.56. The van der Waals surface area contributed by atoms with E-state index < -0.39 is 18.0 Å². The first-order chi connectivity index (χ1) is 10.3. The number of methoxy groups -OCH3 is 1. The number of nitrogens with one attached hydrogen (secondary N) is 1. The third kappa shape index (κ3) is 5.63. The molecular formula is C16H24N2O4. The summed E-state index contributed by atoms with van der Waals surface area (Å²) >= 11 is 0. The van der Waals surface area contributed by atoms with Gasteiger partial charge in [0.2, 0.25) is 0 Å². The van der Waals surface area contributed by atoms with E-state index in [0.717, 1.165) is 11.1 Å². The average molecular weight is 308 g/mol. The van der Waals surface area contributed by atoms with Crippen molar-refractivity contribution in [2.24, 2.45) is 11.7 Å². The minimum atomic E-state index is -0.742. The monoisotopic (exact) mass is 308 g/mol. The Kier molecular flexibility index (Phi) is 6.69. The Morgan fingerprint density at radius 2 is 2.00 bits per heavy atom. The van der Waals surface area contributed by atoms with Crippen molar-refractivity contribution in [3.05, 3.63) is 29.3 Å². The fourth-order valence-electron chi connectivity index (χ4n) is 2.13. The number of ether oxygens (including phenoxy) is 2. The van der Waals surface area contributed by atoms with E-state index in [1.54, 1.807) is 7.11 Å². The molecule has 1 rings (SSSR count).